The summed E-state index contributed by atoms with van der Waals surface area (Å²) >= 11 is 0. The second-order valence-electron chi connectivity index (χ2n) is 4.77. The molecule has 0 aliphatic rings. The highest BCUT2D eigenvalue weighted by molar-refractivity contribution is 6.11. The quantitative estimate of drug-likeness (QED) is 0.424. The van der Waals surface area contributed by atoms with Gasteiger partial charge >= 0.3 is 11.9 Å². The summed E-state index contributed by atoms with van der Waals surface area (Å²) in [6.45, 7) is 6.29. The van der Waals surface area contributed by atoms with Crippen molar-refractivity contribution >= 4 is 17.7 Å². The van der Waals surface area contributed by atoms with E-state index in [4.69, 9.17) is 5.11 Å². The van der Waals surface area contributed by atoms with Crippen molar-refractivity contribution in [1.82, 2.24) is 0 Å². The monoisotopic (exact) mass is 290 g/mol. The molecule has 0 radical (unpaired) electrons. The van der Waals surface area contributed by atoms with Gasteiger partial charge in [-0.05, 0) is 12.8 Å². The molecule has 20 heavy (non-hydrogen) atoms. The second kappa shape index (κ2) is 7.35. The summed E-state index contributed by atoms with van der Waals surface area (Å²) in [6.07, 6.45) is -1.98. The maximum Gasteiger partial charge on any atom is 0.349 e. The zero-order valence-electron chi connectivity index (χ0n) is 12.1. The summed E-state index contributed by atoms with van der Waals surface area (Å²) < 4.78 is 4.53. The standard InChI is InChI=1S/C13H22O7/c1-5-7(3)8(4)9(14)13(19,10(15)11(16)17)12(18)20-6-2/h7-8,10,15,19H,5-6H2,1-4H3,(H,16,17). The lowest BCUT2D eigenvalue weighted by Gasteiger charge is -2.30. The lowest BCUT2D eigenvalue weighted by molar-refractivity contribution is -0.192. The molecular formula is C13H22O7. The number of aliphatic carboxylic acids is 1. The molecule has 0 bridgehead atoms. The highest BCUT2D eigenvalue weighted by Gasteiger charge is 2.56. The van der Waals surface area contributed by atoms with Crippen LogP contribution in [0.5, 0.6) is 0 Å². The van der Waals surface area contributed by atoms with Gasteiger partial charge in [-0.2, -0.15) is 0 Å². The molecule has 0 saturated carbocycles. The van der Waals surface area contributed by atoms with Crippen LogP contribution >= 0.6 is 0 Å². The van der Waals surface area contributed by atoms with E-state index in [2.05, 4.69) is 4.74 Å². The number of carboxylic acid groups (broad SMARTS) is 1. The number of Topliss-reactive ketones (excluding diaryl/α,β-unsaturated/α-hetero) is 1. The number of esters is 1. The number of carbonyl (C=O) groups excluding carboxylic acids is 2. The molecular weight excluding hydrogens is 268 g/mol. The van der Waals surface area contributed by atoms with E-state index < -0.39 is 35.3 Å². The predicted octanol–water partition coefficient (Wildman–Crippen LogP) is -0.0226. The van der Waals surface area contributed by atoms with Crippen molar-refractivity contribution in [3.8, 4) is 0 Å². The van der Waals surface area contributed by atoms with Crippen LogP contribution in [0.15, 0.2) is 0 Å². The van der Waals surface area contributed by atoms with E-state index in [9.17, 15) is 24.6 Å². The number of hydrogen-bond donors (Lipinski definition) is 3. The van der Waals surface area contributed by atoms with Crippen LogP contribution in [0.2, 0.25) is 0 Å². The molecule has 4 atom stereocenters. The summed E-state index contributed by atoms with van der Waals surface area (Å²) in [7, 11) is 0. The molecule has 0 aliphatic carbocycles. The fourth-order valence-corrected chi connectivity index (χ4v) is 1.73. The van der Waals surface area contributed by atoms with E-state index in [1.165, 1.54) is 13.8 Å². The van der Waals surface area contributed by atoms with Crippen LogP contribution in [-0.4, -0.2) is 51.4 Å². The predicted molar refractivity (Wildman–Crippen MR) is 68.9 cm³/mol. The Morgan fingerprint density at radius 1 is 1.20 bits per heavy atom. The Labute approximate surface area is 117 Å². The second-order valence-corrected chi connectivity index (χ2v) is 4.77. The fourth-order valence-electron chi connectivity index (χ4n) is 1.73. The lowest BCUT2D eigenvalue weighted by atomic mass is 9.79. The Morgan fingerprint density at radius 3 is 2.05 bits per heavy atom. The molecule has 4 unspecified atom stereocenters. The smallest absolute Gasteiger partial charge is 0.349 e. The maximum atomic E-state index is 12.3. The van der Waals surface area contributed by atoms with E-state index in [0.717, 1.165) is 0 Å². The number of carbonyl (C=O) groups is 3. The molecule has 0 amide bonds. The van der Waals surface area contributed by atoms with Crippen LogP contribution in [0.3, 0.4) is 0 Å². The van der Waals surface area contributed by atoms with Crippen LogP contribution in [-0.2, 0) is 19.1 Å². The van der Waals surface area contributed by atoms with Crippen molar-refractivity contribution in [2.75, 3.05) is 6.61 Å². The van der Waals surface area contributed by atoms with Crippen molar-refractivity contribution < 1.29 is 34.4 Å². The summed E-state index contributed by atoms with van der Waals surface area (Å²) in [5, 5.41) is 28.5. The van der Waals surface area contributed by atoms with Gasteiger partial charge in [0.2, 0.25) is 0 Å². The van der Waals surface area contributed by atoms with Gasteiger partial charge in [0, 0.05) is 5.92 Å². The molecule has 0 aromatic heterocycles. The summed E-state index contributed by atoms with van der Waals surface area (Å²) in [5.41, 5.74) is -3.09. The van der Waals surface area contributed by atoms with Gasteiger partial charge < -0.3 is 20.1 Å². The van der Waals surface area contributed by atoms with Gasteiger partial charge in [0.15, 0.2) is 11.9 Å². The third kappa shape index (κ3) is 3.55. The minimum Gasteiger partial charge on any atom is -0.479 e. The third-order valence-electron chi connectivity index (χ3n) is 3.50. The van der Waals surface area contributed by atoms with Crippen LogP contribution in [0, 0.1) is 11.8 Å². The largest absolute Gasteiger partial charge is 0.479 e. The minimum atomic E-state index is -3.09. The molecule has 0 spiro atoms. The summed E-state index contributed by atoms with van der Waals surface area (Å²) in [6, 6.07) is 0. The number of hydrogen-bond acceptors (Lipinski definition) is 6. The van der Waals surface area contributed by atoms with Crippen LogP contribution in [0.1, 0.15) is 34.1 Å². The molecule has 0 aromatic carbocycles. The number of ketones is 1. The first-order valence-electron chi connectivity index (χ1n) is 6.49. The van der Waals surface area contributed by atoms with Gasteiger partial charge in [-0.1, -0.05) is 27.2 Å². The van der Waals surface area contributed by atoms with Crippen molar-refractivity contribution in [2.45, 2.75) is 45.8 Å². The van der Waals surface area contributed by atoms with Crippen molar-refractivity contribution in [1.29, 1.82) is 0 Å². The van der Waals surface area contributed by atoms with Gasteiger partial charge in [0.25, 0.3) is 5.60 Å². The average molecular weight is 290 g/mol. The highest BCUT2D eigenvalue weighted by atomic mass is 16.6. The Bertz CT molecular complexity index is 379. The molecule has 116 valence electrons. The maximum absolute atomic E-state index is 12.3. The van der Waals surface area contributed by atoms with Crippen LogP contribution < -0.4 is 0 Å². The van der Waals surface area contributed by atoms with E-state index >= 15 is 0 Å². The SMILES string of the molecule is CCOC(=O)C(O)(C(=O)C(C)C(C)CC)C(O)C(=O)O. The Balaban J connectivity index is 5.58. The Morgan fingerprint density at radius 2 is 1.70 bits per heavy atom. The van der Waals surface area contributed by atoms with Gasteiger partial charge in [0.05, 0.1) is 6.61 Å². The average Bonchev–Trinajstić information content (AvgIpc) is 2.42. The van der Waals surface area contributed by atoms with Gasteiger partial charge in [-0.3, -0.25) is 4.79 Å². The number of carboxylic acids is 1. The molecule has 0 heterocycles. The van der Waals surface area contributed by atoms with Crippen LogP contribution in [0.25, 0.3) is 0 Å². The Hall–Kier alpha value is -1.47. The molecule has 0 saturated heterocycles. The summed E-state index contributed by atoms with van der Waals surface area (Å²) in [4.78, 5) is 34.9. The van der Waals surface area contributed by atoms with Gasteiger partial charge in [-0.25, -0.2) is 9.59 Å². The molecule has 0 aliphatic heterocycles. The number of ether oxygens (including phenoxy) is 1. The van der Waals surface area contributed by atoms with E-state index in [1.54, 1.807) is 6.92 Å². The Kier molecular flexibility index (Phi) is 6.81. The molecule has 3 N–H and O–H groups in total. The van der Waals surface area contributed by atoms with Crippen molar-refractivity contribution in [3.63, 3.8) is 0 Å². The molecule has 7 nitrogen and oxygen atoms in total. The van der Waals surface area contributed by atoms with E-state index in [-0.39, 0.29) is 12.5 Å². The van der Waals surface area contributed by atoms with Crippen LogP contribution in [0.4, 0.5) is 0 Å². The molecule has 7 heteroatoms. The van der Waals surface area contributed by atoms with E-state index in [1.807, 2.05) is 6.92 Å². The first-order valence-corrected chi connectivity index (χ1v) is 6.49. The van der Waals surface area contributed by atoms with Gasteiger partial charge in [-0.15, -0.1) is 0 Å². The normalized spacial score (nSPS) is 18.5. The van der Waals surface area contributed by atoms with Gasteiger partial charge in [0.1, 0.15) is 0 Å². The molecule has 0 aromatic rings. The minimum absolute atomic E-state index is 0.154. The topological polar surface area (TPSA) is 121 Å². The number of rotatable bonds is 8. The highest BCUT2D eigenvalue weighted by Crippen LogP contribution is 2.25. The third-order valence-corrected chi connectivity index (χ3v) is 3.50. The summed E-state index contributed by atoms with van der Waals surface area (Å²) in [5.74, 6) is -5.37. The molecule has 0 rings (SSSR count). The first-order chi connectivity index (χ1) is 9.14. The number of aliphatic hydroxyl groups excluding tert-OH is 1. The first kappa shape index (κ1) is 18.5. The van der Waals surface area contributed by atoms with Crippen molar-refractivity contribution in [3.05, 3.63) is 0 Å². The van der Waals surface area contributed by atoms with Crippen molar-refractivity contribution in [2.24, 2.45) is 11.8 Å². The lowest BCUT2D eigenvalue weighted by Crippen LogP contribution is -2.61. The van der Waals surface area contributed by atoms with E-state index in [0.29, 0.717) is 6.42 Å². The zero-order valence-corrected chi connectivity index (χ0v) is 12.1. The zero-order chi connectivity index (χ0) is 16.1. The molecule has 0 fully saturated rings. The number of aliphatic hydroxyl groups is 2. The fraction of sp³-hybridized carbons (Fsp3) is 0.769.